The van der Waals surface area contributed by atoms with Gasteiger partial charge in [0.1, 0.15) is 22.6 Å². The highest BCUT2D eigenvalue weighted by Crippen LogP contribution is 2.24. The molecular weight excluding hydrogens is 436 g/mol. The largest absolute Gasteiger partial charge is 0.497 e. The van der Waals surface area contributed by atoms with Crippen molar-refractivity contribution in [3.8, 4) is 5.75 Å². The van der Waals surface area contributed by atoms with Crippen LogP contribution in [0.1, 0.15) is 32.6 Å². The first kappa shape index (κ1) is 23.6. The number of nitrogens with zero attached hydrogens (tertiary/aromatic N) is 4. The Bertz CT molecular complexity index is 1180. The van der Waals surface area contributed by atoms with Crippen molar-refractivity contribution in [2.45, 2.75) is 38.3 Å². The summed E-state index contributed by atoms with van der Waals surface area (Å²) >= 11 is 0. The second-order valence-corrected chi connectivity index (χ2v) is 10.3. The number of aromatic nitrogens is 2. The molecule has 0 spiro atoms. The van der Waals surface area contributed by atoms with Gasteiger partial charge >= 0.3 is 0 Å². The quantitative estimate of drug-likeness (QED) is 0.531. The molecule has 0 bridgehead atoms. The first-order chi connectivity index (χ1) is 15.9. The van der Waals surface area contributed by atoms with E-state index in [9.17, 15) is 9.00 Å². The molecule has 1 saturated heterocycles. The Labute approximate surface area is 197 Å². The van der Waals surface area contributed by atoms with E-state index >= 15 is 0 Å². The first-order valence-corrected chi connectivity index (χ1v) is 12.5. The average Bonchev–Trinajstić information content (AvgIpc) is 2.84. The van der Waals surface area contributed by atoms with Gasteiger partial charge in [-0.05, 0) is 49.2 Å². The van der Waals surface area contributed by atoms with Crippen LogP contribution in [0.15, 0.2) is 58.2 Å². The lowest BCUT2D eigenvalue weighted by Crippen LogP contribution is -2.48. The molecule has 0 aliphatic carbocycles. The van der Waals surface area contributed by atoms with Crippen molar-refractivity contribution >= 4 is 21.9 Å². The molecular formula is C25H32N4O3S. The van der Waals surface area contributed by atoms with E-state index in [-0.39, 0.29) is 11.6 Å². The average molecular weight is 469 g/mol. The smallest absolute Gasteiger partial charge is 0.261 e. The second-order valence-electron chi connectivity index (χ2n) is 8.86. The Hall–Kier alpha value is -2.55. The number of benzene rings is 2. The zero-order chi connectivity index (χ0) is 23.5. The van der Waals surface area contributed by atoms with E-state index in [1.54, 1.807) is 7.11 Å². The summed E-state index contributed by atoms with van der Waals surface area (Å²) in [6, 6.07) is 14.9. The van der Waals surface area contributed by atoms with Gasteiger partial charge in [-0.3, -0.25) is 14.3 Å². The van der Waals surface area contributed by atoms with Gasteiger partial charge in [0.2, 0.25) is 0 Å². The predicted molar refractivity (Wildman–Crippen MR) is 132 cm³/mol. The number of para-hydroxylation sites is 1. The summed E-state index contributed by atoms with van der Waals surface area (Å²) in [6.45, 7) is 9.87. The van der Waals surface area contributed by atoms with E-state index in [1.165, 1.54) is 0 Å². The van der Waals surface area contributed by atoms with E-state index in [4.69, 9.17) is 9.72 Å². The van der Waals surface area contributed by atoms with Gasteiger partial charge in [-0.2, -0.15) is 0 Å². The molecule has 2 atom stereocenters. The van der Waals surface area contributed by atoms with Crippen LogP contribution >= 0.6 is 0 Å². The number of methoxy groups -OCH3 is 1. The van der Waals surface area contributed by atoms with Crippen LogP contribution in [0.2, 0.25) is 0 Å². The van der Waals surface area contributed by atoms with Crippen molar-refractivity contribution in [2.24, 2.45) is 5.92 Å². The summed E-state index contributed by atoms with van der Waals surface area (Å²) in [7, 11) is 0.416. The van der Waals surface area contributed by atoms with Gasteiger partial charge in [0.25, 0.3) is 5.56 Å². The Morgan fingerprint density at radius 1 is 1.00 bits per heavy atom. The van der Waals surface area contributed by atoms with Gasteiger partial charge in [0.05, 0.1) is 29.0 Å². The number of piperazine rings is 1. The van der Waals surface area contributed by atoms with Crippen LogP contribution in [-0.2, 0) is 17.5 Å². The Balaban J connectivity index is 1.53. The fourth-order valence-electron chi connectivity index (χ4n) is 4.31. The van der Waals surface area contributed by atoms with E-state index in [1.807, 2.05) is 57.4 Å². The number of fused-ring (bicyclic) bond motifs is 1. The predicted octanol–water partition coefficient (Wildman–Crippen LogP) is 3.46. The highest BCUT2D eigenvalue weighted by Gasteiger charge is 2.28. The highest BCUT2D eigenvalue weighted by molar-refractivity contribution is 7.82. The van der Waals surface area contributed by atoms with Gasteiger partial charge in [0.15, 0.2) is 0 Å². The SMILES string of the molecule is COc1ccc(S(=O)N2CCN(C(C)c3nc4ccccc4c(=O)n3CC(C)C)CC2)cc1. The highest BCUT2D eigenvalue weighted by atomic mass is 32.2. The van der Waals surface area contributed by atoms with E-state index in [0.29, 0.717) is 30.9 Å². The molecule has 0 amide bonds. The lowest BCUT2D eigenvalue weighted by atomic mass is 10.1. The third-order valence-electron chi connectivity index (χ3n) is 6.13. The molecule has 1 aromatic heterocycles. The minimum absolute atomic E-state index is 0.0161. The second kappa shape index (κ2) is 10.2. The Kier molecular flexibility index (Phi) is 7.26. The normalized spacial score (nSPS) is 17.4. The third-order valence-corrected chi connectivity index (χ3v) is 7.64. The summed E-state index contributed by atoms with van der Waals surface area (Å²) in [5, 5.41) is 0.661. The van der Waals surface area contributed by atoms with Crippen LogP contribution in [0.25, 0.3) is 10.9 Å². The summed E-state index contributed by atoms with van der Waals surface area (Å²) in [4.78, 5) is 21.3. The molecule has 2 heterocycles. The lowest BCUT2D eigenvalue weighted by molar-refractivity contribution is 0.140. The topological polar surface area (TPSA) is 67.7 Å². The number of hydrogen-bond acceptors (Lipinski definition) is 5. The van der Waals surface area contributed by atoms with Gasteiger partial charge in [-0.25, -0.2) is 13.5 Å². The molecule has 176 valence electrons. The number of ether oxygens (including phenoxy) is 1. The molecule has 2 aromatic carbocycles. The molecule has 1 fully saturated rings. The third kappa shape index (κ3) is 5.03. The maximum absolute atomic E-state index is 13.3. The van der Waals surface area contributed by atoms with Gasteiger partial charge in [0, 0.05) is 32.7 Å². The molecule has 8 heteroatoms. The molecule has 0 N–H and O–H groups in total. The standard InChI is InChI=1S/C25H32N4O3S/c1-18(2)17-29-24(26-23-8-6-5-7-22(23)25(29)30)19(3)27-13-15-28(16-14-27)33(31)21-11-9-20(32-4)10-12-21/h5-12,18-19H,13-17H2,1-4H3. The van der Waals surface area contributed by atoms with Crippen LogP contribution in [0.5, 0.6) is 5.75 Å². The molecule has 33 heavy (non-hydrogen) atoms. The van der Waals surface area contributed by atoms with Crippen molar-refractivity contribution in [3.05, 3.63) is 64.7 Å². The zero-order valence-corrected chi connectivity index (χ0v) is 20.5. The Morgan fingerprint density at radius 2 is 1.67 bits per heavy atom. The minimum Gasteiger partial charge on any atom is -0.497 e. The van der Waals surface area contributed by atoms with Crippen LogP contribution in [-0.4, -0.2) is 56.3 Å². The molecule has 2 unspecified atom stereocenters. The van der Waals surface area contributed by atoms with Gasteiger partial charge in [-0.1, -0.05) is 26.0 Å². The molecule has 1 aliphatic rings. The van der Waals surface area contributed by atoms with E-state index in [0.717, 1.165) is 35.1 Å². The van der Waals surface area contributed by atoms with E-state index < -0.39 is 11.0 Å². The maximum atomic E-state index is 13.3. The van der Waals surface area contributed by atoms with Crippen molar-refractivity contribution in [3.63, 3.8) is 0 Å². The summed E-state index contributed by atoms with van der Waals surface area (Å²) in [5.74, 6) is 1.89. The van der Waals surface area contributed by atoms with Gasteiger partial charge in [-0.15, -0.1) is 0 Å². The summed E-state index contributed by atoms with van der Waals surface area (Å²) in [5.41, 5.74) is 0.763. The minimum atomic E-state index is -1.21. The van der Waals surface area contributed by atoms with Crippen LogP contribution in [0.4, 0.5) is 0 Å². The molecule has 1 aliphatic heterocycles. The number of rotatable bonds is 7. The van der Waals surface area contributed by atoms with Gasteiger partial charge < -0.3 is 4.74 Å². The fraction of sp³-hybridized carbons (Fsp3) is 0.440. The molecule has 3 aromatic rings. The number of hydrogen-bond donors (Lipinski definition) is 0. The zero-order valence-electron chi connectivity index (χ0n) is 19.7. The maximum Gasteiger partial charge on any atom is 0.261 e. The van der Waals surface area contributed by atoms with Crippen molar-refractivity contribution in [2.75, 3.05) is 33.3 Å². The molecule has 0 saturated carbocycles. The first-order valence-electron chi connectivity index (χ1n) is 11.4. The van der Waals surface area contributed by atoms with E-state index in [2.05, 4.69) is 25.7 Å². The summed E-state index contributed by atoms with van der Waals surface area (Å²) in [6.07, 6.45) is 0. The summed E-state index contributed by atoms with van der Waals surface area (Å²) < 4.78 is 22.1. The van der Waals surface area contributed by atoms with Crippen LogP contribution in [0, 0.1) is 5.92 Å². The lowest BCUT2D eigenvalue weighted by Gasteiger charge is -2.37. The fourth-order valence-corrected chi connectivity index (χ4v) is 5.47. The van der Waals surface area contributed by atoms with Crippen molar-refractivity contribution in [1.82, 2.24) is 18.8 Å². The monoisotopic (exact) mass is 468 g/mol. The van der Waals surface area contributed by atoms with Crippen molar-refractivity contribution < 1.29 is 8.95 Å². The van der Waals surface area contributed by atoms with Crippen molar-refractivity contribution in [1.29, 1.82) is 0 Å². The molecule has 7 nitrogen and oxygen atoms in total. The van der Waals surface area contributed by atoms with Crippen LogP contribution in [0.3, 0.4) is 0 Å². The molecule has 0 radical (unpaired) electrons. The Morgan fingerprint density at radius 3 is 2.30 bits per heavy atom. The molecule has 4 rings (SSSR count). The van der Waals surface area contributed by atoms with Crippen LogP contribution < -0.4 is 10.3 Å².